The van der Waals surface area contributed by atoms with Crippen molar-refractivity contribution in [3.8, 4) is 0 Å². The molecule has 1 heterocycles. The van der Waals surface area contributed by atoms with E-state index >= 15 is 0 Å². The fourth-order valence-electron chi connectivity index (χ4n) is 1.17. The molecule has 0 aromatic carbocycles. The van der Waals surface area contributed by atoms with Crippen LogP contribution in [0.2, 0.25) is 0 Å². The quantitative estimate of drug-likeness (QED) is 0.267. The normalized spacial score (nSPS) is 10.5. The van der Waals surface area contributed by atoms with Gasteiger partial charge in [-0.25, -0.2) is 18.6 Å². The molecule has 1 aromatic rings. The van der Waals surface area contributed by atoms with E-state index < -0.39 is 34.3 Å². The molecule has 0 amide bonds. The highest BCUT2D eigenvalue weighted by Gasteiger charge is 2.28. The Morgan fingerprint density at radius 3 is 2.72 bits per heavy atom. The number of hydrogen-bond donors (Lipinski definition) is 0. The summed E-state index contributed by atoms with van der Waals surface area (Å²) in [6, 6.07) is 0.582. The minimum Gasteiger partial charge on any atom is -0.462 e. The molecule has 0 radical (unpaired) electrons. The van der Waals surface area contributed by atoms with Crippen molar-refractivity contribution in [3.63, 3.8) is 0 Å². The van der Waals surface area contributed by atoms with Gasteiger partial charge in [0.25, 0.3) is 12.1 Å². The second kappa shape index (κ2) is 5.98. The largest absolute Gasteiger partial charge is 0.462 e. The van der Waals surface area contributed by atoms with E-state index in [1.54, 1.807) is 0 Å². The number of alkyl halides is 2. The van der Waals surface area contributed by atoms with Crippen LogP contribution >= 0.6 is 22.6 Å². The molecule has 0 aliphatic carbocycles. The SMILES string of the molecule is CCOC(=O)c1c([N+](=O)[O-])cc(C(F)F)nc1I. The number of nitrogens with zero attached hydrogens (tertiary/aromatic N) is 2. The van der Waals surface area contributed by atoms with Crippen molar-refractivity contribution in [1.82, 2.24) is 4.98 Å². The van der Waals surface area contributed by atoms with Crippen LogP contribution in [0, 0.1) is 13.8 Å². The Labute approximate surface area is 114 Å². The summed E-state index contributed by atoms with van der Waals surface area (Å²) < 4.78 is 29.4. The predicted octanol–water partition coefficient (Wildman–Crippen LogP) is 2.71. The number of pyridine rings is 1. The Hall–Kier alpha value is -1.39. The van der Waals surface area contributed by atoms with Gasteiger partial charge in [0.2, 0.25) is 0 Å². The summed E-state index contributed by atoms with van der Waals surface area (Å²) in [6.45, 7) is 1.54. The van der Waals surface area contributed by atoms with Crippen LogP contribution < -0.4 is 0 Å². The minimum absolute atomic E-state index is 0.0165. The van der Waals surface area contributed by atoms with E-state index in [-0.39, 0.29) is 10.3 Å². The Kier molecular flexibility index (Phi) is 4.87. The molecule has 0 saturated heterocycles. The first-order valence-corrected chi connectivity index (χ1v) is 5.76. The predicted molar refractivity (Wildman–Crippen MR) is 64.5 cm³/mol. The summed E-state index contributed by atoms with van der Waals surface area (Å²) in [7, 11) is 0. The number of aromatic nitrogens is 1. The number of halogens is 3. The standard InChI is InChI=1S/C9H7F2IN2O4/c1-2-18-9(15)6-5(14(16)17)3-4(7(10)11)13-8(6)12/h3,7H,2H2,1H3. The number of hydrogen-bond acceptors (Lipinski definition) is 5. The third-order valence-corrected chi connectivity index (χ3v) is 2.65. The minimum atomic E-state index is -2.95. The smallest absolute Gasteiger partial charge is 0.347 e. The summed E-state index contributed by atoms with van der Waals surface area (Å²) in [5.41, 5.74) is -1.89. The average Bonchev–Trinajstić information content (AvgIpc) is 2.27. The number of carbonyl (C=O) groups excluding carboxylic acids is 1. The zero-order valence-corrected chi connectivity index (χ0v) is 11.2. The second-order valence-corrected chi connectivity index (χ2v) is 4.03. The van der Waals surface area contributed by atoms with Crippen molar-refractivity contribution in [2.75, 3.05) is 6.61 Å². The lowest BCUT2D eigenvalue weighted by Gasteiger charge is -2.07. The van der Waals surface area contributed by atoms with Crippen molar-refractivity contribution < 1.29 is 23.2 Å². The van der Waals surface area contributed by atoms with Gasteiger partial charge in [-0.15, -0.1) is 0 Å². The first-order chi connectivity index (χ1) is 8.38. The third-order valence-electron chi connectivity index (χ3n) is 1.87. The summed E-state index contributed by atoms with van der Waals surface area (Å²) in [5.74, 6) is -0.957. The topological polar surface area (TPSA) is 82.3 Å². The lowest BCUT2D eigenvalue weighted by molar-refractivity contribution is -0.385. The molecule has 18 heavy (non-hydrogen) atoms. The molecule has 0 spiro atoms. The second-order valence-electron chi connectivity index (χ2n) is 3.01. The molecule has 9 heteroatoms. The summed E-state index contributed by atoms with van der Waals surface area (Å²) in [4.78, 5) is 24.8. The van der Waals surface area contributed by atoms with Crippen molar-refractivity contribution in [1.29, 1.82) is 0 Å². The van der Waals surface area contributed by atoms with Crippen molar-refractivity contribution in [2.24, 2.45) is 0 Å². The van der Waals surface area contributed by atoms with Gasteiger partial charge < -0.3 is 4.74 Å². The number of esters is 1. The van der Waals surface area contributed by atoms with Gasteiger partial charge >= 0.3 is 5.97 Å². The van der Waals surface area contributed by atoms with Crippen LogP contribution in [-0.2, 0) is 4.74 Å². The summed E-state index contributed by atoms with van der Waals surface area (Å²) in [6.07, 6.45) is -2.95. The van der Waals surface area contributed by atoms with Gasteiger partial charge in [0.15, 0.2) is 5.56 Å². The fraction of sp³-hybridized carbons (Fsp3) is 0.333. The molecule has 0 unspecified atom stereocenters. The van der Waals surface area contributed by atoms with Gasteiger partial charge in [-0.1, -0.05) is 0 Å². The average molecular weight is 372 g/mol. The van der Waals surface area contributed by atoms with E-state index in [1.165, 1.54) is 29.5 Å². The van der Waals surface area contributed by atoms with Crippen LogP contribution in [0.15, 0.2) is 6.07 Å². The van der Waals surface area contributed by atoms with Gasteiger partial charge in [-0.2, -0.15) is 0 Å². The maximum absolute atomic E-state index is 12.5. The highest BCUT2D eigenvalue weighted by molar-refractivity contribution is 14.1. The number of carbonyl (C=O) groups is 1. The van der Waals surface area contributed by atoms with E-state index in [0.717, 1.165) is 0 Å². The number of rotatable bonds is 4. The molecular weight excluding hydrogens is 365 g/mol. The van der Waals surface area contributed by atoms with Gasteiger partial charge in [0.05, 0.1) is 11.5 Å². The van der Waals surface area contributed by atoms with Crippen molar-refractivity contribution >= 4 is 34.2 Å². The highest BCUT2D eigenvalue weighted by atomic mass is 127. The fourth-order valence-corrected chi connectivity index (χ4v) is 1.94. The van der Waals surface area contributed by atoms with Gasteiger partial charge in [0, 0.05) is 6.07 Å². The van der Waals surface area contributed by atoms with E-state index in [9.17, 15) is 23.7 Å². The Bertz CT molecular complexity index is 496. The third kappa shape index (κ3) is 3.09. The Balaban J connectivity index is 3.41. The van der Waals surface area contributed by atoms with E-state index in [4.69, 9.17) is 0 Å². The van der Waals surface area contributed by atoms with Gasteiger partial charge in [-0.05, 0) is 29.5 Å². The van der Waals surface area contributed by atoms with Crippen LogP contribution in [0.5, 0.6) is 0 Å². The van der Waals surface area contributed by atoms with E-state index in [2.05, 4.69) is 9.72 Å². The monoisotopic (exact) mass is 372 g/mol. The van der Waals surface area contributed by atoms with Crippen LogP contribution in [0.4, 0.5) is 14.5 Å². The Morgan fingerprint density at radius 1 is 1.67 bits per heavy atom. The number of ether oxygens (including phenoxy) is 1. The van der Waals surface area contributed by atoms with E-state index in [0.29, 0.717) is 6.07 Å². The van der Waals surface area contributed by atoms with Crippen molar-refractivity contribution in [2.45, 2.75) is 13.3 Å². The van der Waals surface area contributed by atoms with Crippen LogP contribution in [0.1, 0.15) is 29.4 Å². The molecule has 0 aliphatic rings. The molecule has 0 bridgehead atoms. The zero-order valence-electron chi connectivity index (χ0n) is 9.02. The lowest BCUT2D eigenvalue weighted by Crippen LogP contribution is -2.12. The zero-order chi connectivity index (χ0) is 13.9. The molecular formula is C9H7F2IN2O4. The van der Waals surface area contributed by atoms with Gasteiger partial charge in [-0.3, -0.25) is 10.1 Å². The maximum Gasteiger partial charge on any atom is 0.347 e. The number of nitro groups is 1. The molecule has 0 saturated carbocycles. The molecule has 0 N–H and O–H groups in total. The summed E-state index contributed by atoms with van der Waals surface area (Å²) in [5, 5.41) is 10.8. The van der Waals surface area contributed by atoms with Crippen LogP contribution in [-0.4, -0.2) is 22.5 Å². The first-order valence-electron chi connectivity index (χ1n) is 4.68. The lowest BCUT2D eigenvalue weighted by atomic mass is 10.2. The van der Waals surface area contributed by atoms with E-state index in [1.807, 2.05) is 0 Å². The van der Waals surface area contributed by atoms with Crippen molar-refractivity contribution in [3.05, 3.63) is 31.1 Å². The molecule has 6 nitrogen and oxygen atoms in total. The highest BCUT2D eigenvalue weighted by Crippen LogP contribution is 2.28. The van der Waals surface area contributed by atoms with Crippen LogP contribution in [0.3, 0.4) is 0 Å². The maximum atomic E-state index is 12.5. The van der Waals surface area contributed by atoms with Gasteiger partial charge in [0.1, 0.15) is 9.39 Å². The molecule has 0 fully saturated rings. The summed E-state index contributed by atoms with van der Waals surface area (Å²) >= 11 is 1.48. The molecule has 98 valence electrons. The molecule has 0 aliphatic heterocycles. The van der Waals surface area contributed by atoms with Crippen LogP contribution in [0.25, 0.3) is 0 Å². The first kappa shape index (κ1) is 14.7. The Morgan fingerprint density at radius 2 is 2.28 bits per heavy atom. The molecule has 1 rings (SSSR count). The molecule has 1 aromatic heterocycles. The molecule has 0 atom stereocenters.